The van der Waals surface area contributed by atoms with E-state index < -0.39 is 12.0 Å². The number of carbonyl (C=O) groups excluding carboxylic acids is 2. The molecule has 2 aliphatic rings. The molecule has 2 amide bonds. The van der Waals surface area contributed by atoms with Gasteiger partial charge in [0.1, 0.15) is 6.04 Å². The fourth-order valence-corrected chi connectivity index (χ4v) is 4.17. The number of piperidine rings is 1. The number of aryl methyl sites for hydroxylation is 2. The van der Waals surface area contributed by atoms with Crippen molar-refractivity contribution in [3.63, 3.8) is 0 Å². The van der Waals surface area contributed by atoms with Gasteiger partial charge in [0.15, 0.2) is 0 Å². The maximum atomic E-state index is 12.9. The average Bonchev–Trinajstić information content (AvgIpc) is 3.09. The van der Waals surface area contributed by atoms with Gasteiger partial charge >= 0.3 is 5.97 Å². The number of hydrogen-bond donors (Lipinski definition) is 1. The van der Waals surface area contributed by atoms with Gasteiger partial charge in [0.05, 0.1) is 5.92 Å². The van der Waals surface area contributed by atoms with Gasteiger partial charge in [0.2, 0.25) is 5.91 Å². The minimum absolute atomic E-state index is 0.0505. The van der Waals surface area contributed by atoms with E-state index in [-0.39, 0.29) is 17.7 Å². The lowest BCUT2D eigenvalue weighted by Crippen LogP contribution is -2.49. The van der Waals surface area contributed by atoms with Crippen molar-refractivity contribution in [1.82, 2.24) is 9.80 Å². The summed E-state index contributed by atoms with van der Waals surface area (Å²) in [5.41, 5.74) is 2.74. The number of hydrogen-bond acceptors (Lipinski definition) is 3. The fourth-order valence-electron chi connectivity index (χ4n) is 4.17. The number of aliphatic carboxylic acids is 1. The van der Waals surface area contributed by atoms with Gasteiger partial charge in [-0.05, 0) is 51.7 Å². The Morgan fingerprint density at radius 3 is 2.31 bits per heavy atom. The van der Waals surface area contributed by atoms with Crippen LogP contribution in [-0.4, -0.2) is 58.4 Å². The number of carbonyl (C=O) groups is 3. The quantitative estimate of drug-likeness (QED) is 0.899. The standard InChI is InChI=1S/C20H26N2O4/c1-13-9-14(2)11-16(10-13)18(23)21-7-3-5-15(12-21)19(24)22-8-4-6-17(22)20(25)26/h9-11,15,17H,3-8,12H2,1-2H3,(H,25,26)/t15?,17-/m1/s1. The molecule has 2 atom stereocenters. The molecule has 0 aliphatic carbocycles. The monoisotopic (exact) mass is 358 g/mol. The molecular weight excluding hydrogens is 332 g/mol. The average molecular weight is 358 g/mol. The van der Waals surface area contributed by atoms with Gasteiger partial charge in [0.25, 0.3) is 5.91 Å². The second-order valence-corrected chi connectivity index (χ2v) is 7.49. The van der Waals surface area contributed by atoms with E-state index in [1.165, 1.54) is 4.90 Å². The zero-order chi connectivity index (χ0) is 18.8. The van der Waals surface area contributed by atoms with Gasteiger partial charge in [-0.25, -0.2) is 4.79 Å². The van der Waals surface area contributed by atoms with Gasteiger partial charge < -0.3 is 14.9 Å². The Hall–Kier alpha value is -2.37. The van der Waals surface area contributed by atoms with Crippen LogP contribution in [0.1, 0.15) is 47.2 Å². The van der Waals surface area contributed by atoms with E-state index in [1.54, 1.807) is 4.90 Å². The van der Waals surface area contributed by atoms with Crippen LogP contribution < -0.4 is 0 Å². The zero-order valence-electron chi connectivity index (χ0n) is 15.4. The minimum atomic E-state index is -0.935. The van der Waals surface area contributed by atoms with Crippen LogP contribution in [0.4, 0.5) is 0 Å². The topological polar surface area (TPSA) is 77.9 Å². The van der Waals surface area contributed by atoms with Crippen LogP contribution in [0.15, 0.2) is 18.2 Å². The Labute approximate surface area is 153 Å². The molecule has 1 aromatic rings. The highest BCUT2D eigenvalue weighted by molar-refractivity contribution is 5.95. The lowest BCUT2D eigenvalue weighted by molar-refractivity contribution is -0.150. The summed E-state index contributed by atoms with van der Waals surface area (Å²) in [5.74, 6) is -1.41. The summed E-state index contributed by atoms with van der Waals surface area (Å²) in [4.78, 5) is 40.3. The number of benzene rings is 1. The van der Waals surface area contributed by atoms with Crippen molar-refractivity contribution >= 4 is 17.8 Å². The van der Waals surface area contributed by atoms with Crippen LogP contribution >= 0.6 is 0 Å². The summed E-state index contributed by atoms with van der Waals surface area (Å²) < 4.78 is 0. The summed E-state index contributed by atoms with van der Waals surface area (Å²) in [6.07, 6.45) is 2.70. The second-order valence-electron chi connectivity index (χ2n) is 7.49. The van der Waals surface area contributed by atoms with Crippen molar-refractivity contribution in [2.75, 3.05) is 19.6 Å². The van der Waals surface area contributed by atoms with Gasteiger partial charge in [0, 0.05) is 25.2 Å². The molecule has 2 aliphatic heterocycles. The molecule has 6 nitrogen and oxygen atoms in total. The Balaban J connectivity index is 1.71. The molecule has 1 aromatic carbocycles. The van der Waals surface area contributed by atoms with Crippen LogP contribution in [0.25, 0.3) is 0 Å². The third-order valence-electron chi connectivity index (χ3n) is 5.35. The molecule has 1 N–H and O–H groups in total. The van der Waals surface area contributed by atoms with E-state index in [9.17, 15) is 19.5 Å². The molecular formula is C20H26N2O4. The lowest BCUT2D eigenvalue weighted by Gasteiger charge is -2.35. The van der Waals surface area contributed by atoms with E-state index in [1.807, 2.05) is 32.0 Å². The number of likely N-dealkylation sites (tertiary alicyclic amines) is 2. The molecule has 0 spiro atoms. The van der Waals surface area contributed by atoms with Crippen molar-refractivity contribution in [3.05, 3.63) is 34.9 Å². The largest absolute Gasteiger partial charge is 0.480 e. The molecule has 0 radical (unpaired) electrons. The molecule has 3 rings (SSSR count). The summed E-state index contributed by atoms with van der Waals surface area (Å²) in [6, 6.07) is 5.07. The third-order valence-corrected chi connectivity index (χ3v) is 5.35. The Bertz CT molecular complexity index is 710. The van der Waals surface area contributed by atoms with Crippen LogP contribution in [0.3, 0.4) is 0 Å². The highest BCUT2D eigenvalue weighted by atomic mass is 16.4. The SMILES string of the molecule is Cc1cc(C)cc(C(=O)N2CCCC(C(=O)N3CCC[C@@H]3C(=O)O)C2)c1. The van der Waals surface area contributed by atoms with Crippen molar-refractivity contribution < 1.29 is 19.5 Å². The van der Waals surface area contributed by atoms with Crippen molar-refractivity contribution in [2.45, 2.75) is 45.6 Å². The van der Waals surface area contributed by atoms with E-state index in [2.05, 4.69) is 0 Å². The van der Waals surface area contributed by atoms with Gasteiger partial charge in [-0.1, -0.05) is 17.2 Å². The second kappa shape index (κ2) is 7.48. The van der Waals surface area contributed by atoms with Crippen LogP contribution in [-0.2, 0) is 9.59 Å². The first kappa shape index (κ1) is 18.4. The highest BCUT2D eigenvalue weighted by Gasteiger charge is 2.39. The Kier molecular flexibility index (Phi) is 5.30. The molecule has 6 heteroatoms. The van der Waals surface area contributed by atoms with E-state index in [0.29, 0.717) is 38.0 Å². The van der Waals surface area contributed by atoms with Crippen LogP contribution in [0.2, 0.25) is 0 Å². The molecule has 26 heavy (non-hydrogen) atoms. The Morgan fingerprint density at radius 1 is 1.00 bits per heavy atom. The van der Waals surface area contributed by atoms with Crippen molar-refractivity contribution in [3.8, 4) is 0 Å². The van der Waals surface area contributed by atoms with E-state index in [0.717, 1.165) is 24.0 Å². The first-order valence-electron chi connectivity index (χ1n) is 9.27. The molecule has 2 fully saturated rings. The maximum absolute atomic E-state index is 12.9. The maximum Gasteiger partial charge on any atom is 0.326 e. The summed E-state index contributed by atoms with van der Waals surface area (Å²) in [6.45, 7) is 5.43. The van der Waals surface area contributed by atoms with Crippen molar-refractivity contribution in [1.29, 1.82) is 0 Å². The first-order chi connectivity index (χ1) is 12.4. The number of amides is 2. The third kappa shape index (κ3) is 3.74. The molecule has 2 saturated heterocycles. The van der Waals surface area contributed by atoms with Gasteiger partial charge in [-0.2, -0.15) is 0 Å². The molecule has 0 aromatic heterocycles. The number of nitrogens with zero attached hydrogens (tertiary/aromatic N) is 2. The van der Waals surface area contributed by atoms with Crippen LogP contribution in [0.5, 0.6) is 0 Å². The molecule has 1 unspecified atom stereocenters. The van der Waals surface area contributed by atoms with E-state index in [4.69, 9.17) is 0 Å². The summed E-state index contributed by atoms with van der Waals surface area (Å²) in [7, 11) is 0. The minimum Gasteiger partial charge on any atom is -0.480 e. The number of rotatable bonds is 3. The fraction of sp³-hybridized carbons (Fsp3) is 0.550. The molecule has 0 saturated carbocycles. The molecule has 0 bridgehead atoms. The molecule has 2 heterocycles. The zero-order valence-corrected chi connectivity index (χ0v) is 15.4. The van der Waals surface area contributed by atoms with Crippen LogP contribution in [0, 0.1) is 19.8 Å². The van der Waals surface area contributed by atoms with E-state index >= 15 is 0 Å². The summed E-state index contributed by atoms with van der Waals surface area (Å²) in [5, 5.41) is 9.31. The van der Waals surface area contributed by atoms with Gasteiger partial charge in [-0.3, -0.25) is 9.59 Å². The predicted molar refractivity (Wildman–Crippen MR) is 96.9 cm³/mol. The smallest absolute Gasteiger partial charge is 0.326 e. The lowest BCUT2D eigenvalue weighted by atomic mass is 9.95. The highest BCUT2D eigenvalue weighted by Crippen LogP contribution is 2.26. The predicted octanol–water partition coefficient (Wildman–Crippen LogP) is 2.23. The number of carboxylic acids is 1. The Morgan fingerprint density at radius 2 is 1.65 bits per heavy atom. The number of carboxylic acid groups (broad SMARTS) is 1. The molecule has 140 valence electrons. The van der Waals surface area contributed by atoms with Gasteiger partial charge in [-0.15, -0.1) is 0 Å². The van der Waals surface area contributed by atoms with Crippen molar-refractivity contribution in [2.24, 2.45) is 5.92 Å². The normalized spacial score (nSPS) is 23.2. The summed E-state index contributed by atoms with van der Waals surface area (Å²) >= 11 is 0. The first-order valence-corrected chi connectivity index (χ1v) is 9.27.